The lowest BCUT2D eigenvalue weighted by molar-refractivity contribution is -0.123. The third kappa shape index (κ3) is 4.13. The molecule has 1 N–H and O–H groups in total. The molecule has 0 saturated carbocycles. The van der Waals surface area contributed by atoms with Crippen LogP contribution < -0.4 is 15.8 Å². The van der Waals surface area contributed by atoms with Gasteiger partial charge in [0, 0.05) is 22.4 Å². The summed E-state index contributed by atoms with van der Waals surface area (Å²) in [7, 11) is 0. The highest BCUT2D eigenvalue weighted by molar-refractivity contribution is 7.12. The molecule has 1 aromatic carbocycles. The lowest BCUT2D eigenvalue weighted by Crippen LogP contribution is -2.25. The molecule has 0 fully saturated rings. The minimum absolute atomic E-state index is 0.192. The number of nitrogens with one attached hydrogen (secondary N) is 1. The second-order valence-corrected chi connectivity index (χ2v) is 6.35. The van der Waals surface area contributed by atoms with E-state index in [0.717, 1.165) is 21.5 Å². The number of aryl methyl sites for hydroxylation is 1. The highest BCUT2D eigenvalue weighted by Crippen LogP contribution is 2.22. The fraction of sp³-hybridized carbons (Fsp3) is 0.167. The number of hydrazone groups is 1. The molecule has 0 saturated heterocycles. The fourth-order valence-corrected chi connectivity index (χ4v) is 2.94. The van der Waals surface area contributed by atoms with Crippen molar-refractivity contribution in [2.75, 3.05) is 6.61 Å². The van der Waals surface area contributed by atoms with Crippen molar-refractivity contribution in [2.45, 2.75) is 13.8 Å². The van der Waals surface area contributed by atoms with Crippen LogP contribution in [0.1, 0.15) is 17.4 Å². The van der Waals surface area contributed by atoms with Gasteiger partial charge in [0.05, 0.1) is 5.71 Å². The van der Waals surface area contributed by atoms with Gasteiger partial charge in [0.1, 0.15) is 11.3 Å². The number of fused-ring (bicyclic) bond motifs is 1. The van der Waals surface area contributed by atoms with E-state index in [9.17, 15) is 9.59 Å². The van der Waals surface area contributed by atoms with Gasteiger partial charge >= 0.3 is 5.63 Å². The average molecular weight is 356 g/mol. The Hall–Kier alpha value is -2.93. The van der Waals surface area contributed by atoms with Crippen LogP contribution in [0.5, 0.6) is 5.75 Å². The molecule has 0 aliphatic heterocycles. The molecule has 3 rings (SSSR count). The van der Waals surface area contributed by atoms with Crippen LogP contribution in [-0.2, 0) is 4.79 Å². The van der Waals surface area contributed by atoms with Crippen molar-refractivity contribution in [3.63, 3.8) is 0 Å². The summed E-state index contributed by atoms with van der Waals surface area (Å²) in [5, 5.41) is 6.81. The molecule has 0 aliphatic carbocycles. The van der Waals surface area contributed by atoms with Gasteiger partial charge in [-0.1, -0.05) is 6.07 Å². The minimum atomic E-state index is -0.418. The number of thiophene rings is 1. The first-order valence-electron chi connectivity index (χ1n) is 7.57. The van der Waals surface area contributed by atoms with Crippen LogP contribution >= 0.6 is 11.3 Å². The third-order valence-electron chi connectivity index (χ3n) is 3.52. The number of hydrogen-bond donors (Lipinski definition) is 1. The van der Waals surface area contributed by atoms with Gasteiger partial charge in [-0.3, -0.25) is 4.79 Å². The highest BCUT2D eigenvalue weighted by Gasteiger charge is 2.07. The van der Waals surface area contributed by atoms with E-state index in [0.29, 0.717) is 11.3 Å². The SMILES string of the molecule is C/C(=N/NC(=O)COc1ccc2c(C)cc(=O)oc2c1)c1cccs1. The Labute approximate surface area is 147 Å². The van der Waals surface area contributed by atoms with Gasteiger partial charge in [-0.2, -0.15) is 5.10 Å². The van der Waals surface area contributed by atoms with Crippen molar-refractivity contribution in [3.8, 4) is 5.75 Å². The minimum Gasteiger partial charge on any atom is -0.484 e. The summed E-state index contributed by atoms with van der Waals surface area (Å²) < 4.78 is 10.6. The van der Waals surface area contributed by atoms with Gasteiger partial charge < -0.3 is 9.15 Å². The summed E-state index contributed by atoms with van der Waals surface area (Å²) in [4.78, 5) is 24.3. The van der Waals surface area contributed by atoms with Crippen molar-refractivity contribution >= 4 is 33.9 Å². The Bertz CT molecular complexity index is 990. The standard InChI is InChI=1S/C18H16N2O4S/c1-11-8-18(22)24-15-9-13(5-6-14(11)15)23-10-17(21)20-19-12(2)16-4-3-7-25-16/h3-9H,10H2,1-2H3,(H,20,21)/b19-12-. The van der Waals surface area contributed by atoms with Crippen LogP contribution in [0.15, 0.2) is 56.1 Å². The lowest BCUT2D eigenvalue weighted by Gasteiger charge is -2.07. The number of carbonyl (C=O) groups excluding carboxylic acids is 1. The van der Waals surface area contributed by atoms with Crippen LogP contribution in [0, 0.1) is 6.92 Å². The van der Waals surface area contributed by atoms with E-state index in [1.54, 1.807) is 29.5 Å². The molecule has 2 aromatic heterocycles. The molecule has 128 valence electrons. The number of rotatable bonds is 5. The summed E-state index contributed by atoms with van der Waals surface area (Å²) in [6.45, 7) is 3.46. The maximum Gasteiger partial charge on any atom is 0.336 e. The summed E-state index contributed by atoms with van der Waals surface area (Å²) in [5.74, 6) is 0.0667. The molecule has 2 heterocycles. The summed E-state index contributed by atoms with van der Waals surface area (Å²) in [6, 6.07) is 10.4. The molecule has 0 radical (unpaired) electrons. The quantitative estimate of drug-likeness (QED) is 0.433. The van der Waals surface area contributed by atoms with E-state index in [1.807, 2.05) is 31.4 Å². The van der Waals surface area contributed by atoms with E-state index in [2.05, 4.69) is 10.5 Å². The Morgan fingerprint density at radius 2 is 2.16 bits per heavy atom. The predicted octanol–water partition coefficient (Wildman–Crippen LogP) is 3.08. The number of hydrogen-bond acceptors (Lipinski definition) is 6. The predicted molar refractivity (Wildman–Crippen MR) is 97.4 cm³/mol. The molecule has 7 heteroatoms. The number of ether oxygens (including phenoxy) is 1. The molecular weight excluding hydrogens is 340 g/mol. The Balaban J connectivity index is 1.63. The maximum absolute atomic E-state index is 11.8. The number of carbonyl (C=O) groups is 1. The molecule has 25 heavy (non-hydrogen) atoms. The molecule has 0 bridgehead atoms. The normalized spacial score (nSPS) is 11.5. The first-order chi connectivity index (χ1) is 12.0. The Morgan fingerprint density at radius 3 is 2.92 bits per heavy atom. The molecule has 0 atom stereocenters. The van der Waals surface area contributed by atoms with Gasteiger partial charge in [-0.05, 0) is 43.0 Å². The zero-order valence-corrected chi connectivity index (χ0v) is 14.6. The van der Waals surface area contributed by atoms with Crippen LogP contribution in [0.3, 0.4) is 0 Å². The molecule has 0 unspecified atom stereocenters. The number of nitrogens with zero attached hydrogens (tertiary/aromatic N) is 1. The molecule has 0 aliphatic rings. The van der Waals surface area contributed by atoms with Crippen molar-refractivity contribution in [3.05, 3.63) is 62.6 Å². The largest absolute Gasteiger partial charge is 0.484 e. The second kappa shape index (κ2) is 7.31. The molecular formula is C18H16N2O4S. The lowest BCUT2D eigenvalue weighted by atomic mass is 10.1. The summed E-state index contributed by atoms with van der Waals surface area (Å²) in [5.41, 5.74) is 4.02. The molecule has 6 nitrogen and oxygen atoms in total. The highest BCUT2D eigenvalue weighted by atomic mass is 32.1. The molecule has 3 aromatic rings. The van der Waals surface area contributed by atoms with E-state index in [-0.39, 0.29) is 12.5 Å². The van der Waals surface area contributed by atoms with E-state index in [4.69, 9.17) is 9.15 Å². The average Bonchev–Trinajstić information content (AvgIpc) is 3.12. The third-order valence-corrected chi connectivity index (χ3v) is 4.50. The van der Waals surface area contributed by atoms with Gasteiger partial charge in [0.15, 0.2) is 6.61 Å². The van der Waals surface area contributed by atoms with E-state index >= 15 is 0 Å². The van der Waals surface area contributed by atoms with E-state index < -0.39 is 5.63 Å². The topological polar surface area (TPSA) is 80.9 Å². The number of benzene rings is 1. The van der Waals surface area contributed by atoms with Gasteiger partial charge in [0.2, 0.25) is 0 Å². The van der Waals surface area contributed by atoms with Crippen LogP contribution in [0.4, 0.5) is 0 Å². The Morgan fingerprint density at radius 1 is 1.32 bits per heavy atom. The first kappa shape index (κ1) is 16.9. The van der Waals surface area contributed by atoms with Crippen LogP contribution in [0.2, 0.25) is 0 Å². The fourth-order valence-electron chi connectivity index (χ4n) is 2.26. The van der Waals surface area contributed by atoms with Crippen molar-refractivity contribution in [2.24, 2.45) is 5.10 Å². The first-order valence-corrected chi connectivity index (χ1v) is 8.45. The molecule has 1 amide bonds. The van der Waals surface area contributed by atoms with Crippen molar-refractivity contribution in [1.29, 1.82) is 0 Å². The van der Waals surface area contributed by atoms with Gasteiger partial charge in [-0.15, -0.1) is 11.3 Å². The van der Waals surface area contributed by atoms with Gasteiger partial charge in [-0.25, -0.2) is 10.2 Å². The van der Waals surface area contributed by atoms with Crippen LogP contribution in [-0.4, -0.2) is 18.2 Å². The summed E-state index contributed by atoms with van der Waals surface area (Å²) in [6.07, 6.45) is 0. The van der Waals surface area contributed by atoms with Crippen molar-refractivity contribution in [1.82, 2.24) is 5.43 Å². The van der Waals surface area contributed by atoms with Gasteiger partial charge in [0.25, 0.3) is 5.91 Å². The smallest absolute Gasteiger partial charge is 0.336 e. The maximum atomic E-state index is 11.8. The molecule has 0 spiro atoms. The second-order valence-electron chi connectivity index (χ2n) is 5.40. The monoisotopic (exact) mass is 356 g/mol. The van der Waals surface area contributed by atoms with E-state index in [1.165, 1.54) is 6.07 Å². The number of amides is 1. The van der Waals surface area contributed by atoms with Crippen LogP contribution in [0.25, 0.3) is 11.0 Å². The Kier molecular flexibility index (Phi) is 4.95. The zero-order chi connectivity index (χ0) is 17.8. The van der Waals surface area contributed by atoms with Crippen molar-refractivity contribution < 1.29 is 13.9 Å². The summed E-state index contributed by atoms with van der Waals surface area (Å²) >= 11 is 1.55. The zero-order valence-electron chi connectivity index (χ0n) is 13.7.